The zero-order valence-corrected chi connectivity index (χ0v) is 13.5. The SMILES string of the molecule is CCCNc1ccc(Cl)c(C(=O)NCC2CCCC2C)n1. The molecular formula is C16H24ClN3O. The number of carbonyl (C=O) groups excluding carboxylic acids is 1. The summed E-state index contributed by atoms with van der Waals surface area (Å²) >= 11 is 6.10. The summed E-state index contributed by atoms with van der Waals surface area (Å²) in [7, 11) is 0. The normalized spacial score (nSPS) is 21.3. The number of anilines is 1. The summed E-state index contributed by atoms with van der Waals surface area (Å²) in [5.74, 6) is 1.78. The second-order valence-electron chi connectivity index (χ2n) is 5.83. The fraction of sp³-hybridized carbons (Fsp3) is 0.625. The Hall–Kier alpha value is -1.29. The number of nitrogens with zero attached hydrogens (tertiary/aromatic N) is 1. The predicted octanol–water partition coefficient (Wildman–Crippen LogP) is 3.72. The number of rotatable bonds is 6. The molecule has 2 rings (SSSR count). The van der Waals surface area contributed by atoms with Crippen LogP contribution in [0.15, 0.2) is 12.1 Å². The van der Waals surface area contributed by atoms with Crippen LogP contribution in [0.1, 0.15) is 50.0 Å². The van der Waals surface area contributed by atoms with E-state index in [1.807, 2.05) is 0 Å². The Morgan fingerprint density at radius 1 is 1.43 bits per heavy atom. The number of pyridine rings is 1. The molecule has 1 aromatic heterocycles. The predicted molar refractivity (Wildman–Crippen MR) is 86.9 cm³/mol. The molecular weight excluding hydrogens is 286 g/mol. The first-order valence-corrected chi connectivity index (χ1v) is 8.18. The quantitative estimate of drug-likeness (QED) is 0.842. The van der Waals surface area contributed by atoms with E-state index in [2.05, 4.69) is 29.5 Å². The molecule has 4 nitrogen and oxygen atoms in total. The van der Waals surface area contributed by atoms with Crippen LogP contribution in [0.5, 0.6) is 0 Å². The maximum Gasteiger partial charge on any atom is 0.271 e. The molecule has 0 aromatic carbocycles. The van der Waals surface area contributed by atoms with E-state index in [0.29, 0.717) is 34.9 Å². The highest BCUT2D eigenvalue weighted by Gasteiger charge is 2.24. The van der Waals surface area contributed by atoms with Crippen molar-refractivity contribution in [2.24, 2.45) is 11.8 Å². The van der Waals surface area contributed by atoms with Crippen molar-refractivity contribution >= 4 is 23.3 Å². The third-order valence-corrected chi connectivity index (χ3v) is 4.49. The molecule has 1 fully saturated rings. The number of halogens is 1. The van der Waals surface area contributed by atoms with Crippen LogP contribution in [0.25, 0.3) is 0 Å². The molecule has 0 radical (unpaired) electrons. The lowest BCUT2D eigenvalue weighted by molar-refractivity contribution is 0.0940. The van der Waals surface area contributed by atoms with Gasteiger partial charge in [0.2, 0.25) is 0 Å². The smallest absolute Gasteiger partial charge is 0.271 e. The van der Waals surface area contributed by atoms with Crippen molar-refractivity contribution in [3.63, 3.8) is 0 Å². The van der Waals surface area contributed by atoms with Crippen LogP contribution in [0, 0.1) is 11.8 Å². The third-order valence-electron chi connectivity index (χ3n) is 4.18. The first kappa shape index (κ1) is 16.1. The molecule has 1 aliphatic rings. The van der Waals surface area contributed by atoms with Gasteiger partial charge in [0.1, 0.15) is 11.5 Å². The minimum atomic E-state index is -0.181. The van der Waals surface area contributed by atoms with Crippen molar-refractivity contribution in [2.45, 2.75) is 39.5 Å². The summed E-state index contributed by atoms with van der Waals surface area (Å²) in [6.07, 6.45) is 4.72. The third kappa shape index (κ3) is 4.34. The summed E-state index contributed by atoms with van der Waals surface area (Å²) in [6.45, 7) is 5.88. The second-order valence-corrected chi connectivity index (χ2v) is 6.24. The van der Waals surface area contributed by atoms with Crippen molar-refractivity contribution in [1.29, 1.82) is 0 Å². The zero-order chi connectivity index (χ0) is 15.2. The topological polar surface area (TPSA) is 54.0 Å². The molecule has 0 saturated heterocycles. The van der Waals surface area contributed by atoms with Crippen molar-refractivity contribution < 1.29 is 4.79 Å². The van der Waals surface area contributed by atoms with Gasteiger partial charge in [0.15, 0.2) is 0 Å². The van der Waals surface area contributed by atoms with Gasteiger partial charge in [-0.05, 0) is 36.8 Å². The highest BCUT2D eigenvalue weighted by molar-refractivity contribution is 6.33. The van der Waals surface area contributed by atoms with E-state index in [1.165, 1.54) is 19.3 Å². The lowest BCUT2D eigenvalue weighted by atomic mass is 9.98. The molecule has 21 heavy (non-hydrogen) atoms. The van der Waals surface area contributed by atoms with Crippen LogP contribution >= 0.6 is 11.6 Å². The van der Waals surface area contributed by atoms with Gasteiger partial charge >= 0.3 is 0 Å². The molecule has 2 atom stereocenters. The minimum absolute atomic E-state index is 0.181. The van der Waals surface area contributed by atoms with Crippen molar-refractivity contribution in [3.05, 3.63) is 22.8 Å². The molecule has 2 N–H and O–H groups in total. The first-order valence-electron chi connectivity index (χ1n) is 7.80. The van der Waals surface area contributed by atoms with Gasteiger partial charge < -0.3 is 10.6 Å². The number of carbonyl (C=O) groups is 1. The maximum absolute atomic E-state index is 12.3. The van der Waals surface area contributed by atoms with E-state index in [1.54, 1.807) is 12.1 Å². The molecule has 1 amide bonds. The molecule has 0 bridgehead atoms. The largest absolute Gasteiger partial charge is 0.370 e. The van der Waals surface area contributed by atoms with E-state index < -0.39 is 0 Å². The van der Waals surface area contributed by atoms with E-state index in [4.69, 9.17) is 11.6 Å². The van der Waals surface area contributed by atoms with Gasteiger partial charge in [0.25, 0.3) is 5.91 Å². The highest BCUT2D eigenvalue weighted by Crippen LogP contribution is 2.30. The number of hydrogen-bond acceptors (Lipinski definition) is 3. The van der Waals surface area contributed by atoms with Crippen LogP contribution in [0.2, 0.25) is 5.02 Å². The van der Waals surface area contributed by atoms with Crippen LogP contribution in [-0.4, -0.2) is 24.0 Å². The summed E-state index contributed by atoms with van der Waals surface area (Å²) in [5.41, 5.74) is 0.309. The van der Waals surface area contributed by atoms with Crippen LogP contribution in [0.3, 0.4) is 0 Å². The monoisotopic (exact) mass is 309 g/mol. The summed E-state index contributed by atoms with van der Waals surface area (Å²) in [6, 6.07) is 3.52. The van der Waals surface area contributed by atoms with Gasteiger partial charge in [0, 0.05) is 13.1 Å². The van der Waals surface area contributed by atoms with Crippen molar-refractivity contribution in [2.75, 3.05) is 18.4 Å². The van der Waals surface area contributed by atoms with E-state index in [0.717, 1.165) is 13.0 Å². The van der Waals surface area contributed by atoms with Crippen LogP contribution in [0.4, 0.5) is 5.82 Å². The second kappa shape index (κ2) is 7.64. The number of hydrogen-bond donors (Lipinski definition) is 2. The lowest BCUT2D eigenvalue weighted by Gasteiger charge is -2.16. The molecule has 1 heterocycles. The van der Waals surface area contributed by atoms with Gasteiger partial charge in [-0.2, -0.15) is 0 Å². The van der Waals surface area contributed by atoms with E-state index >= 15 is 0 Å². The zero-order valence-electron chi connectivity index (χ0n) is 12.8. The Bertz CT molecular complexity index is 492. The average molecular weight is 310 g/mol. The van der Waals surface area contributed by atoms with Gasteiger partial charge in [-0.25, -0.2) is 4.98 Å². The van der Waals surface area contributed by atoms with E-state index in [-0.39, 0.29) is 5.91 Å². The lowest BCUT2D eigenvalue weighted by Crippen LogP contribution is -2.31. The van der Waals surface area contributed by atoms with Gasteiger partial charge in [-0.15, -0.1) is 0 Å². The Morgan fingerprint density at radius 3 is 2.90 bits per heavy atom. The minimum Gasteiger partial charge on any atom is -0.370 e. The fourth-order valence-corrected chi connectivity index (χ4v) is 2.98. The van der Waals surface area contributed by atoms with Crippen LogP contribution in [-0.2, 0) is 0 Å². The summed E-state index contributed by atoms with van der Waals surface area (Å²) in [5, 5.41) is 6.55. The maximum atomic E-state index is 12.3. The van der Waals surface area contributed by atoms with Gasteiger partial charge in [0.05, 0.1) is 5.02 Å². The first-order chi connectivity index (χ1) is 10.1. The average Bonchev–Trinajstić information content (AvgIpc) is 2.89. The highest BCUT2D eigenvalue weighted by atomic mass is 35.5. The van der Waals surface area contributed by atoms with Gasteiger partial charge in [-0.3, -0.25) is 4.79 Å². The Kier molecular flexibility index (Phi) is 5.85. The Morgan fingerprint density at radius 2 is 2.24 bits per heavy atom. The molecule has 1 aliphatic carbocycles. The Balaban J connectivity index is 1.97. The number of amides is 1. The number of aromatic nitrogens is 1. The molecule has 0 aliphatic heterocycles. The van der Waals surface area contributed by atoms with E-state index in [9.17, 15) is 4.79 Å². The molecule has 116 valence electrons. The summed E-state index contributed by atoms with van der Waals surface area (Å²) in [4.78, 5) is 16.6. The molecule has 1 aromatic rings. The van der Waals surface area contributed by atoms with Crippen LogP contribution < -0.4 is 10.6 Å². The number of nitrogens with one attached hydrogen (secondary N) is 2. The standard InChI is InChI=1S/C16H24ClN3O/c1-3-9-18-14-8-7-13(17)15(20-14)16(21)19-10-12-6-4-5-11(12)2/h7-8,11-12H,3-6,9-10H2,1-2H3,(H,18,20)(H,19,21). The van der Waals surface area contributed by atoms with Crippen molar-refractivity contribution in [1.82, 2.24) is 10.3 Å². The van der Waals surface area contributed by atoms with Crippen molar-refractivity contribution in [3.8, 4) is 0 Å². The molecule has 0 spiro atoms. The Labute approximate surface area is 131 Å². The molecule has 5 heteroatoms. The summed E-state index contributed by atoms with van der Waals surface area (Å²) < 4.78 is 0. The fourth-order valence-electron chi connectivity index (χ4n) is 2.79. The molecule has 1 saturated carbocycles. The molecule has 2 unspecified atom stereocenters. The van der Waals surface area contributed by atoms with Gasteiger partial charge in [-0.1, -0.05) is 38.3 Å².